The van der Waals surface area contributed by atoms with E-state index >= 15 is 0 Å². The molecule has 0 aliphatic carbocycles. The molecule has 0 heterocycles. The lowest BCUT2D eigenvalue weighted by Gasteiger charge is -2.08. The Balaban J connectivity index is 1.28. The molecule has 250 valence electrons. The van der Waals surface area contributed by atoms with Crippen LogP contribution in [0.3, 0.4) is 0 Å². The van der Waals surface area contributed by atoms with Crippen LogP contribution < -0.4 is 14.2 Å². The van der Waals surface area contributed by atoms with Crippen molar-refractivity contribution in [1.82, 2.24) is 0 Å². The number of carbonyl (C=O) groups excluding carboxylic acids is 1. The summed E-state index contributed by atoms with van der Waals surface area (Å²) in [7, 11) is 0. The lowest BCUT2D eigenvalue weighted by molar-refractivity contribution is 0.0734. The molecule has 0 bridgehead atoms. The summed E-state index contributed by atoms with van der Waals surface area (Å²) >= 11 is 0. The number of hydrogen-bond donors (Lipinski definition) is 1. The number of phenols is 1. The Hall–Kier alpha value is -3.87. The molecule has 0 saturated carbocycles. The Bertz CT molecular complexity index is 1270. The summed E-state index contributed by atoms with van der Waals surface area (Å²) in [5.41, 5.74) is 1.35. The summed E-state index contributed by atoms with van der Waals surface area (Å²) in [5, 5.41) is 18.5. The van der Waals surface area contributed by atoms with Crippen LogP contribution in [-0.2, 0) is 0 Å². The second-order valence-corrected chi connectivity index (χ2v) is 11.9. The Morgan fingerprint density at radius 3 is 1.65 bits per heavy atom. The molecule has 7 heteroatoms. The van der Waals surface area contributed by atoms with Crippen molar-refractivity contribution in [2.75, 3.05) is 13.2 Å². The van der Waals surface area contributed by atoms with Crippen molar-refractivity contribution in [3.8, 4) is 23.0 Å². The molecule has 0 fully saturated rings. The van der Waals surface area contributed by atoms with Crippen LogP contribution in [0.5, 0.6) is 23.0 Å². The molecule has 3 aromatic carbocycles. The van der Waals surface area contributed by atoms with E-state index in [0.29, 0.717) is 41.7 Å². The molecule has 0 aliphatic rings. The minimum absolute atomic E-state index is 0.00507. The van der Waals surface area contributed by atoms with Gasteiger partial charge in [-0.3, -0.25) is 0 Å². The predicted molar refractivity (Wildman–Crippen MR) is 186 cm³/mol. The molecule has 0 aromatic heterocycles. The Morgan fingerprint density at radius 2 is 1.07 bits per heavy atom. The Labute approximate surface area is 276 Å². The fourth-order valence-electron chi connectivity index (χ4n) is 5.04. The number of rotatable bonds is 24. The Morgan fingerprint density at radius 1 is 0.565 bits per heavy atom. The van der Waals surface area contributed by atoms with Gasteiger partial charge in [-0.05, 0) is 73.5 Å². The molecule has 0 atom stereocenters. The van der Waals surface area contributed by atoms with Crippen LogP contribution in [0.15, 0.2) is 77.0 Å². The number of benzene rings is 3. The maximum atomic E-state index is 12.6. The van der Waals surface area contributed by atoms with Gasteiger partial charge in [0.1, 0.15) is 28.7 Å². The first-order valence-electron chi connectivity index (χ1n) is 17.5. The number of nitrogens with zero attached hydrogens (tertiary/aromatic N) is 2. The maximum absolute atomic E-state index is 12.6. The molecule has 0 unspecified atom stereocenters. The van der Waals surface area contributed by atoms with E-state index in [-0.39, 0.29) is 5.75 Å². The van der Waals surface area contributed by atoms with E-state index in [9.17, 15) is 9.90 Å². The number of ether oxygens (including phenoxy) is 3. The van der Waals surface area contributed by atoms with Crippen LogP contribution in [0.2, 0.25) is 0 Å². The topological polar surface area (TPSA) is 89.7 Å². The molecule has 3 aromatic rings. The zero-order valence-electron chi connectivity index (χ0n) is 28.1. The van der Waals surface area contributed by atoms with Crippen molar-refractivity contribution >= 4 is 17.3 Å². The third-order valence-electron chi connectivity index (χ3n) is 7.89. The zero-order valence-corrected chi connectivity index (χ0v) is 28.1. The van der Waals surface area contributed by atoms with Gasteiger partial charge in [-0.15, -0.1) is 5.11 Å². The quantitative estimate of drug-likeness (QED) is 0.0460. The molecule has 0 saturated heterocycles. The summed E-state index contributed by atoms with van der Waals surface area (Å²) < 4.78 is 17.0. The summed E-state index contributed by atoms with van der Waals surface area (Å²) in [6, 6.07) is 18.7. The van der Waals surface area contributed by atoms with Crippen LogP contribution in [-0.4, -0.2) is 24.3 Å². The molecule has 46 heavy (non-hydrogen) atoms. The summed E-state index contributed by atoms with van der Waals surface area (Å²) in [5.74, 6) is 1.30. The third-order valence-corrected chi connectivity index (χ3v) is 7.89. The van der Waals surface area contributed by atoms with Gasteiger partial charge in [0.05, 0.1) is 24.5 Å². The normalized spacial score (nSPS) is 11.2. The number of unbranched alkanes of at least 4 members (excludes halogenated alkanes) is 14. The van der Waals surface area contributed by atoms with Gasteiger partial charge < -0.3 is 19.3 Å². The summed E-state index contributed by atoms with van der Waals surface area (Å²) in [6.07, 6.45) is 20.7. The van der Waals surface area contributed by atoms with Gasteiger partial charge in [-0.25, -0.2) is 4.79 Å². The highest BCUT2D eigenvalue weighted by atomic mass is 16.5. The molecule has 0 radical (unpaired) electrons. The smallest absolute Gasteiger partial charge is 0.343 e. The molecule has 7 nitrogen and oxygen atoms in total. The predicted octanol–water partition coefficient (Wildman–Crippen LogP) is 12.1. The first kappa shape index (κ1) is 36.6. The van der Waals surface area contributed by atoms with Crippen LogP contribution in [0.1, 0.15) is 127 Å². The Kier molecular flexibility index (Phi) is 18.0. The second kappa shape index (κ2) is 22.6. The van der Waals surface area contributed by atoms with Gasteiger partial charge in [-0.2, -0.15) is 5.11 Å². The van der Waals surface area contributed by atoms with Crippen LogP contribution in [0, 0.1) is 0 Å². The van der Waals surface area contributed by atoms with Crippen molar-refractivity contribution in [3.05, 3.63) is 72.3 Å². The van der Waals surface area contributed by atoms with Crippen molar-refractivity contribution in [2.24, 2.45) is 10.2 Å². The van der Waals surface area contributed by atoms with E-state index in [1.165, 1.54) is 89.5 Å². The molecule has 1 N–H and O–H groups in total. The molecule has 0 aliphatic heterocycles. The first-order valence-corrected chi connectivity index (χ1v) is 17.5. The zero-order chi connectivity index (χ0) is 32.7. The van der Waals surface area contributed by atoms with Crippen LogP contribution in [0.25, 0.3) is 0 Å². The lowest BCUT2D eigenvalue weighted by Crippen LogP contribution is -2.08. The minimum Gasteiger partial charge on any atom is -0.505 e. The highest BCUT2D eigenvalue weighted by Gasteiger charge is 2.09. The highest BCUT2D eigenvalue weighted by Crippen LogP contribution is 2.32. The summed E-state index contributed by atoms with van der Waals surface area (Å²) in [4.78, 5) is 12.6. The van der Waals surface area contributed by atoms with Gasteiger partial charge in [0.15, 0.2) is 0 Å². The molecule has 0 spiro atoms. The van der Waals surface area contributed by atoms with Gasteiger partial charge in [0.25, 0.3) is 0 Å². The summed E-state index contributed by atoms with van der Waals surface area (Å²) in [6.45, 7) is 5.66. The number of esters is 1. The van der Waals surface area contributed by atoms with Crippen molar-refractivity contribution in [1.29, 1.82) is 0 Å². The number of hydrogen-bond acceptors (Lipinski definition) is 7. The van der Waals surface area contributed by atoms with E-state index in [2.05, 4.69) is 24.1 Å². The monoisotopic (exact) mass is 630 g/mol. The van der Waals surface area contributed by atoms with Gasteiger partial charge in [-0.1, -0.05) is 104 Å². The molecular weight excluding hydrogens is 576 g/mol. The fourth-order valence-corrected chi connectivity index (χ4v) is 5.04. The second-order valence-electron chi connectivity index (χ2n) is 11.9. The third kappa shape index (κ3) is 14.9. The van der Waals surface area contributed by atoms with Gasteiger partial charge in [0, 0.05) is 6.07 Å². The highest BCUT2D eigenvalue weighted by molar-refractivity contribution is 5.91. The van der Waals surface area contributed by atoms with Crippen LogP contribution >= 0.6 is 0 Å². The van der Waals surface area contributed by atoms with Crippen molar-refractivity contribution in [3.63, 3.8) is 0 Å². The number of azo groups is 1. The van der Waals surface area contributed by atoms with E-state index in [1.807, 2.05) is 12.1 Å². The van der Waals surface area contributed by atoms with Gasteiger partial charge >= 0.3 is 5.97 Å². The SMILES string of the molecule is CCCCCCCCCCCCCCCCOc1ccc(C(=O)Oc2ccc(N=Nc3ccc(OCCCC)cc3O)cc2)cc1. The average molecular weight is 631 g/mol. The molecular formula is C39H54N2O5. The molecule has 3 rings (SSSR count). The standard InChI is InChI=1S/C39H54N2O5/c1-3-5-7-8-9-10-11-12-13-14-15-16-17-18-30-44-34-23-19-32(20-24-34)39(43)46-35-25-21-33(22-26-35)40-41-37-28-27-36(31-38(37)42)45-29-6-4-2/h19-28,31,42H,3-18,29-30H2,1-2H3. The fraction of sp³-hybridized carbons (Fsp3) is 0.513. The van der Waals surface area contributed by atoms with Crippen LogP contribution in [0.4, 0.5) is 11.4 Å². The van der Waals surface area contributed by atoms with E-state index in [1.54, 1.807) is 48.5 Å². The maximum Gasteiger partial charge on any atom is 0.343 e. The minimum atomic E-state index is -0.445. The average Bonchev–Trinajstić information content (AvgIpc) is 3.07. The lowest BCUT2D eigenvalue weighted by atomic mass is 10.0. The van der Waals surface area contributed by atoms with Crippen molar-refractivity contribution < 1.29 is 24.1 Å². The first-order chi connectivity index (χ1) is 22.6. The largest absolute Gasteiger partial charge is 0.505 e. The van der Waals surface area contributed by atoms with E-state index in [0.717, 1.165) is 25.0 Å². The number of carbonyl (C=O) groups is 1. The number of phenolic OH excluding ortho intramolecular Hbond substituents is 1. The van der Waals surface area contributed by atoms with E-state index < -0.39 is 5.97 Å². The van der Waals surface area contributed by atoms with E-state index in [4.69, 9.17) is 14.2 Å². The number of aromatic hydroxyl groups is 1. The van der Waals surface area contributed by atoms with Crippen molar-refractivity contribution in [2.45, 2.75) is 117 Å². The van der Waals surface area contributed by atoms with Gasteiger partial charge in [0.2, 0.25) is 0 Å². The molecule has 0 amide bonds.